The van der Waals surface area contributed by atoms with Gasteiger partial charge in [0.05, 0.1) is 5.60 Å². The first kappa shape index (κ1) is 22.0. The number of carbonyl (C=O) groups excluding carboxylic acids is 1. The van der Waals surface area contributed by atoms with Gasteiger partial charge < -0.3 is 5.11 Å². The second-order valence-corrected chi connectivity index (χ2v) is 12.8. The summed E-state index contributed by atoms with van der Waals surface area (Å²) in [5, 5.41) is 14.0. The number of hydrogen-bond donors (Lipinski definition) is 1. The Balaban J connectivity index is 1.39. The van der Waals surface area contributed by atoms with Crippen LogP contribution in [0.2, 0.25) is 5.02 Å². The van der Waals surface area contributed by atoms with Gasteiger partial charge in [-0.1, -0.05) is 37.2 Å². The lowest BCUT2D eigenvalue weighted by Crippen LogP contribution is -2.56. The minimum absolute atomic E-state index is 0.0605. The van der Waals surface area contributed by atoms with Gasteiger partial charge in [-0.25, -0.2) is 0 Å². The molecule has 0 spiro atoms. The Hall–Kier alpha value is -0.770. The molecule has 1 aromatic rings. The molecule has 0 saturated heterocycles. The third kappa shape index (κ3) is 3.45. The van der Waals surface area contributed by atoms with E-state index in [0.717, 1.165) is 34.8 Å². The van der Waals surface area contributed by atoms with Gasteiger partial charge in [0.25, 0.3) is 0 Å². The molecule has 4 aliphatic rings. The number of fused-ring (bicyclic) bond motifs is 5. The lowest BCUT2D eigenvalue weighted by Gasteiger charge is -2.61. The molecule has 1 aromatic carbocycles. The van der Waals surface area contributed by atoms with E-state index in [-0.39, 0.29) is 10.8 Å². The lowest BCUT2D eigenvalue weighted by atomic mass is 9.44. The minimum atomic E-state index is -0.525. The van der Waals surface area contributed by atoms with Crippen LogP contribution in [0, 0.1) is 34.5 Å². The predicted octanol–water partition coefficient (Wildman–Crippen LogP) is 7.29. The summed E-state index contributed by atoms with van der Waals surface area (Å²) in [6.07, 6.45) is 8.49. The Labute approximate surface area is 196 Å². The van der Waals surface area contributed by atoms with Gasteiger partial charge >= 0.3 is 0 Å². The summed E-state index contributed by atoms with van der Waals surface area (Å²) in [7, 11) is 0. The fourth-order valence-electron chi connectivity index (χ4n) is 8.01. The van der Waals surface area contributed by atoms with E-state index < -0.39 is 5.60 Å². The second kappa shape index (κ2) is 7.64. The molecular weight excluding hydrogens is 424 g/mol. The Morgan fingerprint density at radius 1 is 1.03 bits per heavy atom. The third-order valence-electron chi connectivity index (χ3n) is 10.1. The fraction of sp³-hybridized carbons (Fsp3) is 0.667. The average molecular weight is 459 g/mol. The van der Waals surface area contributed by atoms with Crippen LogP contribution in [0.1, 0.15) is 72.1 Å². The molecule has 31 heavy (non-hydrogen) atoms. The molecule has 168 valence electrons. The highest BCUT2D eigenvalue weighted by Gasteiger charge is 2.63. The zero-order chi connectivity index (χ0) is 22.0. The molecule has 1 N–H and O–H groups in total. The van der Waals surface area contributed by atoms with E-state index in [1.165, 1.54) is 25.7 Å². The van der Waals surface area contributed by atoms with Crippen LogP contribution in [0.3, 0.4) is 0 Å². The summed E-state index contributed by atoms with van der Waals surface area (Å²) in [6.45, 7) is 6.92. The van der Waals surface area contributed by atoms with Gasteiger partial charge in [0.1, 0.15) is 0 Å². The van der Waals surface area contributed by atoms with E-state index >= 15 is 0 Å². The molecule has 7 atom stereocenters. The Morgan fingerprint density at radius 3 is 2.48 bits per heavy atom. The topological polar surface area (TPSA) is 37.3 Å². The highest BCUT2D eigenvalue weighted by Crippen LogP contribution is 2.68. The summed E-state index contributed by atoms with van der Waals surface area (Å²) in [5.74, 6) is 2.88. The molecule has 0 amide bonds. The maximum Gasteiger partial charge on any atom is 0.159 e. The van der Waals surface area contributed by atoms with E-state index in [2.05, 4.69) is 26.2 Å². The Kier molecular flexibility index (Phi) is 5.43. The number of carbonyl (C=O) groups is 1. The van der Waals surface area contributed by atoms with Crippen LogP contribution in [0.15, 0.2) is 40.1 Å². The van der Waals surface area contributed by atoms with Gasteiger partial charge in [-0.15, -0.1) is 0 Å². The standard InChI is InChI=1S/C27H35ClO2S/c1-25-15-17(16-31-20-7-5-19(28)6-8-20)24(29)14-18(25)4-9-21-22(25)10-12-26(2)23(21)11-13-27(26,3)30/h5-8,16,18,21-23,30H,4,9-15H2,1-3H3/b17-16-. The van der Waals surface area contributed by atoms with Crippen LogP contribution < -0.4 is 0 Å². The second-order valence-electron chi connectivity index (χ2n) is 11.4. The molecular formula is C27H35ClO2S. The maximum atomic E-state index is 13.0. The van der Waals surface area contributed by atoms with Crippen molar-refractivity contribution in [3.63, 3.8) is 0 Å². The smallest absolute Gasteiger partial charge is 0.159 e. The van der Waals surface area contributed by atoms with Gasteiger partial charge in [-0.2, -0.15) is 0 Å². The monoisotopic (exact) mass is 458 g/mol. The average Bonchev–Trinajstić information content (AvgIpc) is 2.97. The van der Waals surface area contributed by atoms with Crippen LogP contribution >= 0.6 is 23.4 Å². The van der Waals surface area contributed by atoms with Crippen LogP contribution in [-0.4, -0.2) is 16.5 Å². The first-order valence-corrected chi connectivity index (χ1v) is 13.3. The fourth-order valence-corrected chi connectivity index (χ4v) is 8.92. The lowest BCUT2D eigenvalue weighted by molar-refractivity contribution is -0.147. The largest absolute Gasteiger partial charge is 0.390 e. The Morgan fingerprint density at radius 2 is 1.74 bits per heavy atom. The summed E-state index contributed by atoms with van der Waals surface area (Å²) in [4.78, 5) is 14.1. The third-order valence-corrected chi connectivity index (χ3v) is 11.3. The number of Topliss-reactive ketones (excluding diaryl/α,β-unsaturated/α-hetero) is 1. The van der Waals surface area contributed by atoms with E-state index in [0.29, 0.717) is 35.9 Å². The number of allylic oxidation sites excluding steroid dienone is 1. The summed E-state index contributed by atoms with van der Waals surface area (Å²) in [5.41, 5.74) is 0.763. The predicted molar refractivity (Wildman–Crippen MR) is 128 cm³/mol. The van der Waals surface area contributed by atoms with Gasteiger partial charge in [-0.3, -0.25) is 4.79 Å². The van der Waals surface area contributed by atoms with Crippen LogP contribution in [0.4, 0.5) is 0 Å². The van der Waals surface area contributed by atoms with Crippen molar-refractivity contribution in [1.82, 2.24) is 0 Å². The van der Waals surface area contributed by atoms with Crippen molar-refractivity contribution in [3.05, 3.63) is 40.3 Å². The highest BCUT2D eigenvalue weighted by molar-refractivity contribution is 8.02. The molecule has 0 heterocycles. The van der Waals surface area contributed by atoms with Crippen molar-refractivity contribution in [1.29, 1.82) is 0 Å². The molecule has 4 aliphatic carbocycles. The summed E-state index contributed by atoms with van der Waals surface area (Å²) in [6, 6.07) is 7.85. The number of ketones is 1. The molecule has 0 aliphatic heterocycles. The minimum Gasteiger partial charge on any atom is -0.390 e. The quantitative estimate of drug-likeness (QED) is 0.373. The van der Waals surface area contributed by atoms with Crippen molar-refractivity contribution in [2.75, 3.05) is 0 Å². The summed E-state index contributed by atoms with van der Waals surface area (Å²) >= 11 is 7.66. The number of aliphatic hydroxyl groups is 1. The first-order chi connectivity index (χ1) is 14.6. The van der Waals surface area contributed by atoms with Crippen molar-refractivity contribution in [2.24, 2.45) is 34.5 Å². The van der Waals surface area contributed by atoms with Gasteiger partial charge in [0.15, 0.2) is 5.78 Å². The molecule has 2 nitrogen and oxygen atoms in total. The molecule has 5 rings (SSSR count). The number of halogens is 1. The normalized spacial score (nSPS) is 45.8. The number of thioether (sulfide) groups is 1. The molecule has 0 radical (unpaired) electrons. The molecule has 4 fully saturated rings. The number of hydrogen-bond acceptors (Lipinski definition) is 3. The SMILES string of the molecule is CC12C/C(=C/Sc3ccc(Cl)cc3)C(=O)CC1CCC1C2CCC2(C)C1CCC2(C)O. The van der Waals surface area contributed by atoms with Gasteiger partial charge in [0.2, 0.25) is 0 Å². The molecule has 4 heteroatoms. The molecule has 7 unspecified atom stereocenters. The van der Waals surface area contributed by atoms with E-state index in [1.54, 1.807) is 11.8 Å². The zero-order valence-electron chi connectivity index (χ0n) is 19.0. The van der Waals surface area contributed by atoms with Gasteiger partial charge in [0, 0.05) is 21.9 Å². The molecule has 0 aromatic heterocycles. The number of rotatable bonds is 2. The van der Waals surface area contributed by atoms with Crippen molar-refractivity contribution in [2.45, 2.75) is 82.6 Å². The van der Waals surface area contributed by atoms with Crippen molar-refractivity contribution >= 4 is 29.1 Å². The summed E-state index contributed by atoms with van der Waals surface area (Å²) < 4.78 is 0. The van der Waals surface area contributed by atoms with Gasteiger partial charge in [-0.05, 0) is 116 Å². The van der Waals surface area contributed by atoms with E-state index in [9.17, 15) is 9.90 Å². The molecule has 4 saturated carbocycles. The first-order valence-electron chi connectivity index (χ1n) is 12.0. The number of benzene rings is 1. The molecule has 0 bridgehead atoms. The van der Waals surface area contributed by atoms with Crippen molar-refractivity contribution in [3.8, 4) is 0 Å². The van der Waals surface area contributed by atoms with E-state index in [1.807, 2.05) is 24.3 Å². The highest BCUT2D eigenvalue weighted by atomic mass is 35.5. The maximum absolute atomic E-state index is 13.0. The van der Waals surface area contributed by atoms with E-state index in [4.69, 9.17) is 11.6 Å². The van der Waals surface area contributed by atoms with Crippen molar-refractivity contribution < 1.29 is 9.90 Å². The van der Waals surface area contributed by atoms with Crippen LogP contribution in [0.5, 0.6) is 0 Å². The zero-order valence-corrected chi connectivity index (χ0v) is 20.6. The van der Waals surface area contributed by atoms with Crippen LogP contribution in [-0.2, 0) is 4.79 Å². The van der Waals surface area contributed by atoms with Crippen LogP contribution in [0.25, 0.3) is 0 Å². The Bertz CT molecular complexity index is 906.